The SMILES string of the molecule is C=CC(=O)OCCCCCCCCCCCN1CCN(C)CC1. The van der Waals surface area contributed by atoms with Crippen LogP contribution in [0.15, 0.2) is 12.7 Å². The molecule has 1 aliphatic heterocycles. The monoisotopic (exact) mass is 324 g/mol. The molecule has 23 heavy (non-hydrogen) atoms. The molecule has 1 heterocycles. The highest BCUT2D eigenvalue weighted by Crippen LogP contribution is 2.10. The van der Waals surface area contributed by atoms with Gasteiger partial charge in [0.2, 0.25) is 0 Å². The molecule has 4 heteroatoms. The van der Waals surface area contributed by atoms with Crippen LogP contribution in [0.5, 0.6) is 0 Å². The standard InChI is InChI=1S/C19H36N2O2/c1-3-19(22)23-18-12-10-8-6-4-5-7-9-11-13-21-16-14-20(2)15-17-21/h3H,1,4-18H2,2H3. The number of nitrogens with zero attached hydrogens (tertiary/aromatic N) is 2. The summed E-state index contributed by atoms with van der Waals surface area (Å²) in [5.74, 6) is -0.304. The van der Waals surface area contributed by atoms with Gasteiger partial charge >= 0.3 is 5.97 Å². The van der Waals surface area contributed by atoms with Gasteiger partial charge in [-0.15, -0.1) is 0 Å². The zero-order chi connectivity index (χ0) is 16.8. The van der Waals surface area contributed by atoms with Crippen molar-refractivity contribution < 1.29 is 9.53 Å². The molecule has 1 aliphatic rings. The molecule has 0 radical (unpaired) electrons. The van der Waals surface area contributed by atoms with Gasteiger partial charge in [0.15, 0.2) is 0 Å². The molecule has 0 aromatic heterocycles. The van der Waals surface area contributed by atoms with E-state index in [0.29, 0.717) is 6.61 Å². The fourth-order valence-electron chi connectivity index (χ4n) is 2.98. The molecule has 4 nitrogen and oxygen atoms in total. The lowest BCUT2D eigenvalue weighted by atomic mass is 10.1. The van der Waals surface area contributed by atoms with Gasteiger partial charge in [0.1, 0.15) is 0 Å². The van der Waals surface area contributed by atoms with Gasteiger partial charge in [-0.1, -0.05) is 51.5 Å². The van der Waals surface area contributed by atoms with Gasteiger partial charge in [-0.25, -0.2) is 4.79 Å². The molecule has 0 N–H and O–H groups in total. The van der Waals surface area contributed by atoms with Crippen molar-refractivity contribution in [2.45, 2.75) is 57.8 Å². The van der Waals surface area contributed by atoms with E-state index in [-0.39, 0.29) is 5.97 Å². The van der Waals surface area contributed by atoms with Gasteiger partial charge < -0.3 is 14.5 Å². The predicted molar refractivity (Wildman–Crippen MR) is 96.6 cm³/mol. The van der Waals surface area contributed by atoms with Crippen LogP contribution in [-0.4, -0.2) is 62.1 Å². The Kier molecular flexibility index (Phi) is 11.9. The van der Waals surface area contributed by atoms with Gasteiger partial charge in [-0.3, -0.25) is 0 Å². The molecule has 0 atom stereocenters. The maximum Gasteiger partial charge on any atom is 0.330 e. The summed E-state index contributed by atoms with van der Waals surface area (Å²) in [6, 6.07) is 0. The largest absolute Gasteiger partial charge is 0.463 e. The minimum Gasteiger partial charge on any atom is -0.463 e. The van der Waals surface area contributed by atoms with E-state index in [2.05, 4.69) is 23.4 Å². The average Bonchev–Trinajstić information content (AvgIpc) is 2.57. The van der Waals surface area contributed by atoms with Crippen molar-refractivity contribution in [3.8, 4) is 0 Å². The van der Waals surface area contributed by atoms with Crippen molar-refractivity contribution in [2.24, 2.45) is 0 Å². The predicted octanol–water partition coefficient (Wildman–Crippen LogP) is 3.47. The van der Waals surface area contributed by atoms with Crippen LogP contribution >= 0.6 is 0 Å². The van der Waals surface area contributed by atoms with E-state index in [1.807, 2.05) is 0 Å². The maximum absolute atomic E-state index is 10.8. The molecular weight excluding hydrogens is 288 g/mol. The van der Waals surface area contributed by atoms with E-state index in [1.165, 1.54) is 83.7 Å². The lowest BCUT2D eigenvalue weighted by molar-refractivity contribution is -0.137. The second kappa shape index (κ2) is 13.6. The first kappa shape index (κ1) is 20.2. The number of ether oxygens (including phenoxy) is 1. The van der Waals surface area contributed by atoms with Gasteiger partial charge in [0.05, 0.1) is 6.61 Å². The molecule has 0 aromatic rings. The number of esters is 1. The molecule has 0 aliphatic carbocycles. The lowest BCUT2D eigenvalue weighted by Crippen LogP contribution is -2.44. The molecule has 134 valence electrons. The number of likely N-dealkylation sites (N-methyl/N-ethyl adjacent to an activating group) is 1. The van der Waals surface area contributed by atoms with E-state index in [1.54, 1.807) is 0 Å². The van der Waals surface area contributed by atoms with Crippen LogP contribution in [0.25, 0.3) is 0 Å². The molecular formula is C19H36N2O2. The summed E-state index contributed by atoms with van der Waals surface area (Å²) in [5.41, 5.74) is 0. The Morgan fingerprint density at radius 3 is 2.00 bits per heavy atom. The number of rotatable bonds is 13. The number of piperazine rings is 1. The van der Waals surface area contributed by atoms with Crippen LogP contribution in [0.2, 0.25) is 0 Å². The molecule has 1 fully saturated rings. The third-order valence-corrected chi connectivity index (χ3v) is 4.63. The highest BCUT2D eigenvalue weighted by atomic mass is 16.5. The van der Waals surface area contributed by atoms with Crippen LogP contribution in [0.1, 0.15) is 57.8 Å². The van der Waals surface area contributed by atoms with Gasteiger partial charge in [-0.05, 0) is 26.4 Å². The van der Waals surface area contributed by atoms with E-state index in [0.717, 1.165) is 12.8 Å². The molecule has 0 amide bonds. The summed E-state index contributed by atoms with van der Waals surface area (Å²) < 4.78 is 4.96. The summed E-state index contributed by atoms with van der Waals surface area (Å²) in [4.78, 5) is 15.9. The van der Waals surface area contributed by atoms with E-state index in [4.69, 9.17) is 4.74 Å². The van der Waals surface area contributed by atoms with E-state index in [9.17, 15) is 4.79 Å². The summed E-state index contributed by atoms with van der Waals surface area (Å²) >= 11 is 0. The number of carbonyl (C=O) groups is 1. The van der Waals surface area contributed by atoms with Crippen LogP contribution in [-0.2, 0) is 9.53 Å². The van der Waals surface area contributed by atoms with Gasteiger partial charge in [0, 0.05) is 32.3 Å². The normalized spacial score (nSPS) is 16.4. The van der Waals surface area contributed by atoms with Crippen LogP contribution in [0, 0.1) is 0 Å². The van der Waals surface area contributed by atoms with Crippen LogP contribution in [0.3, 0.4) is 0 Å². The second-order valence-corrected chi connectivity index (χ2v) is 6.70. The Hall–Kier alpha value is -0.870. The highest BCUT2D eigenvalue weighted by molar-refractivity contribution is 5.81. The fourth-order valence-corrected chi connectivity index (χ4v) is 2.98. The first-order valence-electron chi connectivity index (χ1n) is 9.42. The quantitative estimate of drug-likeness (QED) is 0.295. The fraction of sp³-hybridized carbons (Fsp3) is 0.842. The van der Waals surface area contributed by atoms with Crippen molar-refractivity contribution >= 4 is 5.97 Å². The van der Waals surface area contributed by atoms with Crippen molar-refractivity contribution in [2.75, 3.05) is 46.4 Å². The topological polar surface area (TPSA) is 32.8 Å². The summed E-state index contributed by atoms with van der Waals surface area (Å²) in [6.07, 6.45) is 12.8. The zero-order valence-electron chi connectivity index (χ0n) is 15.1. The average molecular weight is 325 g/mol. The van der Waals surface area contributed by atoms with Crippen LogP contribution in [0.4, 0.5) is 0 Å². The maximum atomic E-state index is 10.8. The molecule has 0 unspecified atom stereocenters. The zero-order valence-corrected chi connectivity index (χ0v) is 15.1. The van der Waals surface area contributed by atoms with Gasteiger partial charge in [0.25, 0.3) is 0 Å². The number of unbranched alkanes of at least 4 members (excludes halogenated alkanes) is 8. The smallest absolute Gasteiger partial charge is 0.330 e. The van der Waals surface area contributed by atoms with Gasteiger partial charge in [-0.2, -0.15) is 0 Å². The minimum absolute atomic E-state index is 0.304. The summed E-state index contributed by atoms with van der Waals surface area (Å²) in [7, 11) is 2.21. The third kappa shape index (κ3) is 11.3. The van der Waals surface area contributed by atoms with Crippen molar-refractivity contribution in [1.82, 2.24) is 9.80 Å². The molecule has 1 rings (SSSR count). The highest BCUT2D eigenvalue weighted by Gasteiger charge is 2.12. The Morgan fingerprint density at radius 1 is 0.913 bits per heavy atom. The molecule has 1 saturated heterocycles. The summed E-state index contributed by atoms with van der Waals surface area (Å²) in [6.45, 7) is 10.2. The van der Waals surface area contributed by atoms with Crippen LogP contribution < -0.4 is 0 Å². The molecule has 0 aromatic carbocycles. The second-order valence-electron chi connectivity index (χ2n) is 6.70. The number of hydrogen-bond acceptors (Lipinski definition) is 4. The third-order valence-electron chi connectivity index (χ3n) is 4.63. The Morgan fingerprint density at radius 2 is 1.43 bits per heavy atom. The number of hydrogen-bond donors (Lipinski definition) is 0. The first-order chi connectivity index (χ1) is 11.2. The Balaban J connectivity index is 1.75. The molecule has 0 saturated carbocycles. The lowest BCUT2D eigenvalue weighted by Gasteiger charge is -2.32. The Bertz CT molecular complexity index is 312. The van der Waals surface area contributed by atoms with E-state index >= 15 is 0 Å². The minimum atomic E-state index is -0.304. The van der Waals surface area contributed by atoms with Crippen molar-refractivity contribution in [3.05, 3.63) is 12.7 Å². The van der Waals surface area contributed by atoms with Crippen molar-refractivity contribution in [1.29, 1.82) is 0 Å². The van der Waals surface area contributed by atoms with E-state index < -0.39 is 0 Å². The summed E-state index contributed by atoms with van der Waals surface area (Å²) in [5, 5.41) is 0. The number of carbonyl (C=O) groups excluding carboxylic acids is 1. The Labute approximate surface area is 142 Å². The molecule has 0 bridgehead atoms. The first-order valence-corrected chi connectivity index (χ1v) is 9.42. The molecule has 0 spiro atoms. The van der Waals surface area contributed by atoms with Crippen molar-refractivity contribution in [3.63, 3.8) is 0 Å².